The van der Waals surface area contributed by atoms with E-state index in [1.54, 1.807) is 6.92 Å². The lowest BCUT2D eigenvalue weighted by molar-refractivity contribution is -0.117. The molecule has 3 aromatic rings. The van der Waals surface area contributed by atoms with Crippen LogP contribution < -0.4 is 5.32 Å². The van der Waals surface area contributed by atoms with E-state index in [9.17, 15) is 4.79 Å². The van der Waals surface area contributed by atoms with Gasteiger partial charge in [0, 0.05) is 17.7 Å². The van der Waals surface area contributed by atoms with E-state index < -0.39 is 0 Å². The van der Waals surface area contributed by atoms with Gasteiger partial charge in [-0.05, 0) is 31.5 Å². The zero-order chi connectivity index (χ0) is 18.5. The van der Waals surface area contributed by atoms with Crippen LogP contribution in [-0.4, -0.2) is 15.5 Å². The minimum absolute atomic E-state index is 0.158. The molecule has 0 bridgehead atoms. The first-order valence-electron chi connectivity index (χ1n) is 8.66. The Labute approximate surface area is 154 Å². The monoisotopic (exact) mass is 345 g/mol. The second-order valence-corrected chi connectivity index (χ2v) is 6.36. The van der Waals surface area contributed by atoms with Crippen LogP contribution in [0, 0.1) is 6.92 Å². The van der Waals surface area contributed by atoms with Crippen molar-refractivity contribution in [3.63, 3.8) is 0 Å². The lowest BCUT2D eigenvalue weighted by atomic mass is 10.1. The Morgan fingerprint density at radius 2 is 1.69 bits per heavy atom. The Hall–Kier alpha value is -3.14. The molecule has 1 amide bonds. The molecule has 0 saturated carbocycles. The van der Waals surface area contributed by atoms with Crippen molar-refractivity contribution in [3.8, 4) is 5.69 Å². The van der Waals surface area contributed by atoms with Crippen LogP contribution in [0.3, 0.4) is 0 Å². The summed E-state index contributed by atoms with van der Waals surface area (Å²) in [6.07, 6.45) is 0.781. The van der Waals surface area contributed by atoms with E-state index in [0.29, 0.717) is 12.1 Å². The van der Waals surface area contributed by atoms with Crippen LogP contribution in [0.4, 0.5) is 0 Å². The van der Waals surface area contributed by atoms with Crippen molar-refractivity contribution in [1.29, 1.82) is 0 Å². The predicted octanol–water partition coefficient (Wildman–Crippen LogP) is 3.96. The number of carbonyl (C=O) groups is 1. The van der Waals surface area contributed by atoms with Gasteiger partial charge < -0.3 is 5.32 Å². The second kappa shape index (κ2) is 7.83. The molecule has 0 atom stereocenters. The first-order chi connectivity index (χ1) is 12.6. The molecule has 0 unspecified atom stereocenters. The molecule has 0 saturated heterocycles. The maximum atomic E-state index is 11.9. The smallest absolute Gasteiger partial charge is 0.246 e. The molecule has 0 radical (unpaired) electrons. The summed E-state index contributed by atoms with van der Waals surface area (Å²) >= 11 is 0. The molecule has 4 heteroatoms. The van der Waals surface area contributed by atoms with Gasteiger partial charge in [-0.1, -0.05) is 55.1 Å². The number of benzene rings is 2. The van der Waals surface area contributed by atoms with Crippen LogP contribution in [-0.2, 0) is 17.8 Å². The number of nitrogens with one attached hydrogen (secondary N) is 1. The number of hydrogen-bond donors (Lipinski definition) is 1. The third-order valence-corrected chi connectivity index (χ3v) is 4.27. The highest BCUT2D eigenvalue weighted by Crippen LogP contribution is 2.21. The van der Waals surface area contributed by atoms with E-state index in [2.05, 4.69) is 40.7 Å². The minimum Gasteiger partial charge on any atom is -0.345 e. The number of hydrogen-bond acceptors (Lipinski definition) is 2. The van der Waals surface area contributed by atoms with Gasteiger partial charge in [0.1, 0.15) is 5.82 Å². The standard InChI is InChI=1S/C22H23N3O/c1-16(2)22(26)23-15-21-24-17(3)20(14-18-10-6-4-7-11-18)25(21)19-12-8-5-9-13-19/h4-13H,1,14-15H2,2-3H3,(H,23,26). The van der Waals surface area contributed by atoms with Crippen LogP contribution in [0.5, 0.6) is 0 Å². The molecule has 4 nitrogen and oxygen atoms in total. The highest BCUT2D eigenvalue weighted by Gasteiger charge is 2.17. The molecule has 1 heterocycles. The van der Waals surface area contributed by atoms with Gasteiger partial charge in [0.25, 0.3) is 0 Å². The Kier molecular flexibility index (Phi) is 5.32. The fourth-order valence-corrected chi connectivity index (χ4v) is 2.93. The van der Waals surface area contributed by atoms with Gasteiger partial charge in [-0.25, -0.2) is 4.98 Å². The molecule has 1 aromatic heterocycles. The number of amides is 1. The van der Waals surface area contributed by atoms with Gasteiger partial charge in [-0.3, -0.25) is 9.36 Å². The summed E-state index contributed by atoms with van der Waals surface area (Å²) in [5.74, 6) is 0.657. The van der Waals surface area contributed by atoms with Crippen molar-refractivity contribution < 1.29 is 4.79 Å². The number of aryl methyl sites for hydroxylation is 1. The topological polar surface area (TPSA) is 46.9 Å². The van der Waals surface area contributed by atoms with Crippen LogP contribution >= 0.6 is 0 Å². The molecule has 26 heavy (non-hydrogen) atoms. The Bertz CT molecular complexity index is 911. The molecule has 0 aliphatic carbocycles. The molecule has 0 fully saturated rings. The number of para-hydroxylation sites is 1. The van der Waals surface area contributed by atoms with Crippen molar-refractivity contribution in [1.82, 2.24) is 14.9 Å². The molecule has 0 spiro atoms. The van der Waals surface area contributed by atoms with Crippen LogP contribution in [0.25, 0.3) is 5.69 Å². The lowest BCUT2D eigenvalue weighted by Gasteiger charge is -2.13. The Morgan fingerprint density at radius 1 is 1.08 bits per heavy atom. The lowest BCUT2D eigenvalue weighted by Crippen LogP contribution is -2.25. The zero-order valence-electron chi connectivity index (χ0n) is 15.2. The number of imidazole rings is 1. The Balaban J connectivity index is 2.00. The number of nitrogens with zero attached hydrogens (tertiary/aromatic N) is 2. The molecule has 2 aromatic carbocycles. The zero-order valence-corrected chi connectivity index (χ0v) is 15.2. The fourth-order valence-electron chi connectivity index (χ4n) is 2.93. The summed E-state index contributed by atoms with van der Waals surface area (Å²) in [7, 11) is 0. The second-order valence-electron chi connectivity index (χ2n) is 6.36. The minimum atomic E-state index is -0.158. The van der Waals surface area contributed by atoms with E-state index in [1.807, 2.05) is 43.3 Å². The summed E-state index contributed by atoms with van der Waals surface area (Å²) < 4.78 is 2.14. The predicted molar refractivity (Wildman–Crippen MR) is 104 cm³/mol. The number of carbonyl (C=O) groups excluding carboxylic acids is 1. The van der Waals surface area contributed by atoms with Gasteiger partial charge in [0.2, 0.25) is 5.91 Å². The maximum absolute atomic E-state index is 11.9. The average Bonchev–Trinajstić information content (AvgIpc) is 2.96. The van der Waals surface area contributed by atoms with Crippen LogP contribution in [0.2, 0.25) is 0 Å². The van der Waals surface area contributed by atoms with Gasteiger partial charge in [-0.15, -0.1) is 0 Å². The molecular formula is C22H23N3O. The van der Waals surface area contributed by atoms with E-state index >= 15 is 0 Å². The van der Waals surface area contributed by atoms with Crippen LogP contribution in [0.15, 0.2) is 72.8 Å². The van der Waals surface area contributed by atoms with Gasteiger partial charge >= 0.3 is 0 Å². The van der Waals surface area contributed by atoms with Crippen molar-refractivity contribution in [3.05, 3.63) is 95.6 Å². The molecule has 0 aliphatic heterocycles. The first-order valence-corrected chi connectivity index (χ1v) is 8.66. The number of rotatable bonds is 6. The third-order valence-electron chi connectivity index (χ3n) is 4.27. The average molecular weight is 345 g/mol. The fraction of sp³-hybridized carbons (Fsp3) is 0.182. The first kappa shape index (κ1) is 17.7. The molecule has 0 aliphatic rings. The maximum Gasteiger partial charge on any atom is 0.246 e. The van der Waals surface area contributed by atoms with Gasteiger partial charge in [0.15, 0.2) is 0 Å². The van der Waals surface area contributed by atoms with E-state index in [-0.39, 0.29) is 5.91 Å². The van der Waals surface area contributed by atoms with Crippen molar-refractivity contribution in [2.75, 3.05) is 0 Å². The number of aromatic nitrogens is 2. The van der Waals surface area contributed by atoms with E-state index in [1.165, 1.54) is 5.56 Å². The largest absolute Gasteiger partial charge is 0.345 e. The summed E-state index contributed by atoms with van der Waals surface area (Å²) in [5.41, 5.74) is 4.85. The highest BCUT2D eigenvalue weighted by atomic mass is 16.1. The SMILES string of the molecule is C=C(C)C(=O)NCc1nc(C)c(Cc2ccccc2)n1-c1ccccc1. The van der Waals surface area contributed by atoms with Gasteiger partial charge in [-0.2, -0.15) is 0 Å². The third kappa shape index (κ3) is 3.91. The van der Waals surface area contributed by atoms with E-state index in [4.69, 9.17) is 4.98 Å². The highest BCUT2D eigenvalue weighted by molar-refractivity contribution is 5.91. The quantitative estimate of drug-likeness (QED) is 0.687. The molecule has 3 rings (SSSR count). The summed E-state index contributed by atoms with van der Waals surface area (Å²) in [6, 6.07) is 20.5. The molecular weight excluding hydrogens is 322 g/mol. The summed E-state index contributed by atoms with van der Waals surface area (Å²) in [4.78, 5) is 16.6. The Morgan fingerprint density at radius 3 is 2.31 bits per heavy atom. The van der Waals surface area contributed by atoms with Crippen molar-refractivity contribution in [2.45, 2.75) is 26.8 Å². The van der Waals surface area contributed by atoms with Gasteiger partial charge in [0.05, 0.1) is 17.9 Å². The van der Waals surface area contributed by atoms with Crippen molar-refractivity contribution >= 4 is 5.91 Å². The molecule has 1 N–H and O–H groups in total. The normalized spacial score (nSPS) is 10.5. The molecule has 132 valence electrons. The van der Waals surface area contributed by atoms with Crippen molar-refractivity contribution in [2.24, 2.45) is 0 Å². The van der Waals surface area contributed by atoms with Crippen LogP contribution in [0.1, 0.15) is 29.7 Å². The van der Waals surface area contributed by atoms with E-state index in [0.717, 1.165) is 29.3 Å². The summed E-state index contributed by atoms with van der Waals surface area (Å²) in [5, 5.41) is 2.89. The summed E-state index contributed by atoms with van der Waals surface area (Å²) in [6.45, 7) is 7.76.